The molecule has 0 saturated heterocycles. The number of benzene rings is 1. The Balaban J connectivity index is 2.37. The molecule has 0 spiro atoms. The Labute approximate surface area is 159 Å². The molecule has 1 aromatic rings. The standard InChI is InChI=1S/C20H36N4O2/c1-5-21-20(22-12-9-15-26-17-16-25-4)23-13-14-24(6-2)19-11-8-7-10-18(19)3/h7-8,10-11H,5-6,9,12-17H2,1-4H3,(H2,21,22,23). The van der Waals surface area contributed by atoms with Gasteiger partial charge >= 0.3 is 0 Å². The normalized spacial score (nSPS) is 11.5. The summed E-state index contributed by atoms with van der Waals surface area (Å²) >= 11 is 0. The molecule has 1 aromatic carbocycles. The zero-order valence-corrected chi connectivity index (χ0v) is 16.9. The lowest BCUT2D eigenvalue weighted by Crippen LogP contribution is -2.42. The van der Waals surface area contributed by atoms with Crippen LogP contribution < -0.4 is 15.5 Å². The monoisotopic (exact) mass is 364 g/mol. The average Bonchev–Trinajstić information content (AvgIpc) is 2.65. The number of hydrogen-bond acceptors (Lipinski definition) is 4. The first-order chi connectivity index (χ1) is 12.7. The van der Waals surface area contributed by atoms with Crippen molar-refractivity contribution in [3.8, 4) is 0 Å². The lowest BCUT2D eigenvalue weighted by atomic mass is 10.2. The highest BCUT2D eigenvalue weighted by Crippen LogP contribution is 2.18. The molecule has 0 saturated carbocycles. The third kappa shape index (κ3) is 9.06. The number of methoxy groups -OCH3 is 1. The van der Waals surface area contributed by atoms with Gasteiger partial charge in [-0.1, -0.05) is 18.2 Å². The topological polar surface area (TPSA) is 58.1 Å². The van der Waals surface area contributed by atoms with Crippen LogP contribution in [0.4, 0.5) is 5.69 Å². The SMILES string of the molecule is CCNC(=NCCCOCCOC)NCCN(CC)c1ccccc1C. The van der Waals surface area contributed by atoms with Gasteiger partial charge in [0.1, 0.15) is 0 Å². The van der Waals surface area contributed by atoms with Crippen molar-refractivity contribution in [2.45, 2.75) is 27.2 Å². The Bertz CT molecular complexity index is 508. The number of rotatable bonds is 13. The van der Waals surface area contributed by atoms with E-state index in [-0.39, 0.29) is 0 Å². The minimum atomic E-state index is 0.641. The molecule has 2 N–H and O–H groups in total. The van der Waals surface area contributed by atoms with Crippen LogP contribution in [-0.4, -0.2) is 65.6 Å². The third-order valence-electron chi connectivity index (χ3n) is 4.00. The molecule has 6 heteroatoms. The summed E-state index contributed by atoms with van der Waals surface area (Å²) in [5.41, 5.74) is 2.61. The lowest BCUT2D eigenvalue weighted by molar-refractivity contribution is 0.0702. The number of aliphatic imine (C=N–C) groups is 1. The van der Waals surface area contributed by atoms with Gasteiger partial charge in [0.2, 0.25) is 0 Å². The zero-order valence-electron chi connectivity index (χ0n) is 16.9. The van der Waals surface area contributed by atoms with Crippen LogP contribution in [0.2, 0.25) is 0 Å². The Morgan fingerprint density at radius 2 is 1.92 bits per heavy atom. The second kappa shape index (κ2) is 14.4. The van der Waals surface area contributed by atoms with E-state index in [9.17, 15) is 0 Å². The lowest BCUT2D eigenvalue weighted by Gasteiger charge is -2.25. The molecule has 0 bridgehead atoms. The number of guanidine groups is 1. The van der Waals surface area contributed by atoms with Gasteiger partial charge in [-0.2, -0.15) is 0 Å². The molecule has 0 atom stereocenters. The first-order valence-electron chi connectivity index (χ1n) is 9.62. The molecule has 148 valence electrons. The Morgan fingerprint density at radius 1 is 1.12 bits per heavy atom. The van der Waals surface area contributed by atoms with E-state index in [0.29, 0.717) is 19.8 Å². The maximum atomic E-state index is 5.46. The van der Waals surface area contributed by atoms with Crippen LogP contribution in [0.1, 0.15) is 25.8 Å². The average molecular weight is 365 g/mol. The van der Waals surface area contributed by atoms with Crippen molar-refractivity contribution >= 4 is 11.6 Å². The van der Waals surface area contributed by atoms with Crippen LogP contribution in [0.25, 0.3) is 0 Å². The van der Waals surface area contributed by atoms with Crippen molar-refractivity contribution in [1.29, 1.82) is 0 Å². The van der Waals surface area contributed by atoms with E-state index in [0.717, 1.165) is 45.1 Å². The van der Waals surface area contributed by atoms with Crippen LogP contribution in [0.15, 0.2) is 29.3 Å². The van der Waals surface area contributed by atoms with E-state index in [1.165, 1.54) is 11.3 Å². The van der Waals surface area contributed by atoms with Crippen LogP contribution in [-0.2, 0) is 9.47 Å². The molecule has 0 amide bonds. The number of hydrogen-bond donors (Lipinski definition) is 2. The summed E-state index contributed by atoms with van der Waals surface area (Å²) < 4.78 is 10.4. The summed E-state index contributed by atoms with van der Waals surface area (Å²) in [6, 6.07) is 8.52. The number of aryl methyl sites for hydroxylation is 1. The number of ether oxygens (including phenoxy) is 2. The summed E-state index contributed by atoms with van der Waals surface area (Å²) in [6.07, 6.45) is 0.907. The summed E-state index contributed by atoms with van der Waals surface area (Å²) in [4.78, 5) is 6.99. The van der Waals surface area contributed by atoms with Gasteiger partial charge < -0.3 is 25.0 Å². The highest BCUT2D eigenvalue weighted by Gasteiger charge is 2.06. The fourth-order valence-electron chi connectivity index (χ4n) is 2.62. The summed E-state index contributed by atoms with van der Waals surface area (Å²) in [5.74, 6) is 0.866. The van der Waals surface area contributed by atoms with Gasteiger partial charge in [-0.3, -0.25) is 4.99 Å². The van der Waals surface area contributed by atoms with Crippen LogP contribution in [0.3, 0.4) is 0 Å². The van der Waals surface area contributed by atoms with Crippen molar-refractivity contribution in [2.75, 3.05) is 64.6 Å². The van der Waals surface area contributed by atoms with E-state index in [1.54, 1.807) is 7.11 Å². The quantitative estimate of drug-likeness (QED) is 0.320. The molecule has 1 rings (SSSR count). The maximum absolute atomic E-state index is 5.46. The van der Waals surface area contributed by atoms with Crippen molar-refractivity contribution < 1.29 is 9.47 Å². The third-order valence-corrected chi connectivity index (χ3v) is 4.00. The molecule has 0 aliphatic heterocycles. The molecule has 0 aliphatic rings. The van der Waals surface area contributed by atoms with Gasteiger partial charge in [0.25, 0.3) is 0 Å². The fourth-order valence-corrected chi connectivity index (χ4v) is 2.62. The number of anilines is 1. The molecule has 0 aliphatic carbocycles. The van der Waals surface area contributed by atoms with Gasteiger partial charge in [0, 0.05) is 52.1 Å². The van der Waals surface area contributed by atoms with Gasteiger partial charge in [0.05, 0.1) is 13.2 Å². The second-order valence-electron chi connectivity index (χ2n) is 6.01. The van der Waals surface area contributed by atoms with Crippen molar-refractivity contribution in [2.24, 2.45) is 4.99 Å². The Morgan fingerprint density at radius 3 is 2.62 bits per heavy atom. The largest absolute Gasteiger partial charge is 0.382 e. The van der Waals surface area contributed by atoms with E-state index in [1.807, 2.05) is 0 Å². The molecule has 0 radical (unpaired) electrons. The first kappa shape index (κ1) is 22.3. The van der Waals surface area contributed by atoms with Gasteiger partial charge in [-0.15, -0.1) is 0 Å². The number of likely N-dealkylation sites (N-methyl/N-ethyl adjacent to an activating group) is 1. The highest BCUT2D eigenvalue weighted by molar-refractivity contribution is 5.79. The zero-order chi connectivity index (χ0) is 19.0. The fraction of sp³-hybridized carbons (Fsp3) is 0.650. The molecule has 0 aromatic heterocycles. The highest BCUT2D eigenvalue weighted by atomic mass is 16.5. The minimum Gasteiger partial charge on any atom is -0.382 e. The van der Waals surface area contributed by atoms with Gasteiger partial charge in [-0.25, -0.2) is 0 Å². The van der Waals surface area contributed by atoms with E-state index >= 15 is 0 Å². The first-order valence-corrected chi connectivity index (χ1v) is 9.62. The van der Waals surface area contributed by atoms with Gasteiger partial charge in [-0.05, 0) is 38.8 Å². The number of nitrogens with zero attached hydrogens (tertiary/aromatic N) is 2. The molecular weight excluding hydrogens is 328 g/mol. The van der Waals surface area contributed by atoms with Crippen LogP contribution in [0.5, 0.6) is 0 Å². The van der Waals surface area contributed by atoms with Crippen molar-refractivity contribution in [3.63, 3.8) is 0 Å². The summed E-state index contributed by atoms with van der Waals surface area (Å²) in [7, 11) is 1.68. The number of para-hydroxylation sites is 1. The Kier molecular flexibility index (Phi) is 12.3. The van der Waals surface area contributed by atoms with E-state index in [2.05, 4.69) is 65.6 Å². The molecular formula is C20H36N4O2. The van der Waals surface area contributed by atoms with Crippen molar-refractivity contribution in [3.05, 3.63) is 29.8 Å². The van der Waals surface area contributed by atoms with Gasteiger partial charge in [0.15, 0.2) is 5.96 Å². The molecule has 26 heavy (non-hydrogen) atoms. The predicted molar refractivity (Wildman–Crippen MR) is 110 cm³/mol. The van der Waals surface area contributed by atoms with Crippen molar-refractivity contribution in [1.82, 2.24) is 10.6 Å². The molecule has 0 heterocycles. The number of nitrogens with one attached hydrogen (secondary N) is 2. The van der Waals surface area contributed by atoms with E-state index in [4.69, 9.17) is 9.47 Å². The predicted octanol–water partition coefficient (Wildman–Crippen LogP) is 2.43. The molecule has 0 unspecified atom stereocenters. The maximum Gasteiger partial charge on any atom is 0.191 e. The minimum absolute atomic E-state index is 0.641. The molecule has 0 fully saturated rings. The summed E-state index contributed by atoms with van der Waals surface area (Å²) in [5, 5.41) is 6.72. The van der Waals surface area contributed by atoms with E-state index < -0.39 is 0 Å². The second-order valence-corrected chi connectivity index (χ2v) is 6.01. The Hall–Kier alpha value is -1.79. The summed E-state index contributed by atoms with van der Waals surface area (Å²) in [6.45, 7) is 12.8. The van der Waals surface area contributed by atoms with Crippen LogP contribution >= 0.6 is 0 Å². The molecule has 6 nitrogen and oxygen atoms in total. The van der Waals surface area contributed by atoms with Crippen LogP contribution in [0, 0.1) is 6.92 Å². The smallest absolute Gasteiger partial charge is 0.191 e.